The van der Waals surface area contributed by atoms with Gasteiger partial charge in [-0.3, -0.25) is 4.72 Å². The van der Waals surface area contributed by atoms with E-state index in [2.05, 4.69) is 15.9 Å². The van der Waals surface area contributed by atoms with Crippen LogP contribution in [0.4, 0.5) is 23.2 Å². The van der Waals surface area contributed by atoms with Gasteiger partial charge in [0.2, 0.25) is 0 Å². The Morgan fingerprint density at radius 1 is 0.905 bits per heavy atom. The van der Waals surface area contributed by atoms with Crippen LogP contribution in [0, 0.1) is 23.3 Å². The molecule has 0 radical (unpaired) electrons. The van der Waals surface area contributed by atoms with Crippen LogP contribution in [0.5, 0.6) is 0 Å². The van der Waals surface area contributed by atoms with Crippen molar-refractivity contribution < 1.29 is 26.0 Å². The fourth-order valence-corrected chi connectivity index (χ4v) is 3.34. The Kier molecular flexibility index (Phi) is 4.24. The number of benzene rings is 2. The van der Waals surface area contributed by atoms with Gasteiger partial charge < -0.3 is 0 Å². The van der Waals surface area contributed by atoms with E-state index >= 15 is 0 Å². The summed E-state index contributed by atoms with van der Waals surface area (Å²) in [4.78, 5) is -1.32. The van der Waals surface area contributed by atoms with Gasteiger partial charge in [0.1, 0.15) is 23.3 Å². The number of hydrogen-bond acceptors (Lipinski definition) is 2. The molecule has 2 rings (SSSR count). The van der Waals surface area contributed by atoms with Crippen molar-refractivity contribution in [2.45, 2.75) is 4.90 Å². The molecule has 0 aliphatic heterocycles. The maximum absolute atomic E-state index is 13.5. The number of anilines is 1. The maximum atomic E-state index is 13.5. The van der Waals surface area contributed by atoms with Crippen molar-refractivity contribution >= 4 is 31.6 Å². The Labute approximate surface area is 125 Å². The van der Waals surface area contributed by atoms with Gasteiger partial charge in [-0.2, -0.15) is 0 Å². The normalized spacial score (nSPS) is 11.5. The van der Waals surface area contributed by atoms with Crippen molar-refractivity contribution in [3.63, 3.8) is 0 Å². The molecule has 9 heteroatoms. The largest absolute Gasteiger partial charge is 0.278 e. The molecule has 2 aromatic rings. The Hall–Kier alpha value is -1.61. The molecule has 1 N–H and O–H groups in total. The van der Waals surface area contributed by atoms with Gasteiger partial charge in [0.15, 0.2) is 4.90 Å². The molecule has 0 amide bonds. The molecule has 0 saturated carbocycles. The average molecular weight is 384 g/mol. The number of rotatable bonds is 3. The van der Waals surface area contributed by atoms with Crippen LogP contribution >= 0.6 is 15.9 Å². The Morgan fingerprint density at radius 3 is 2.00 bits per heavy atom. The fourth-order valence-electron chi connectivity index (χ4n) is 1.55. The summed E-state index contributed by atoms with van der Waals surface area (Å²) in [6, 6.07) is 3.49. The lowest BCUT2D eigenvalue weighted by atomic mass is 10.3. The first kappa shape index (κ1) is 15.8. The van der Waals surface area contributed by atoms with E-state index in [-0.39, 0.29) is 22.3 Å². The van der Waals surface area contributed by atoms with Crippen LogP contribution in [0.2, 0.25) is 0 Å². The maximum Gasteiger partial charge on any atom is 0.267 e. The summed E-state index contributed by atoms with van der Waals surface area (Å²) in [5.74, 6) is -5.02. The number of halogens is 5. The summed E-state index contributed by atoms with van der Waals surface area (Å²) >= 11 is 2.91. The first-order valence-corrected chi connectivity index (χ1v) is 7.61. The summed E-state index contributed by atoms with van der Waals surface area (Å²) in [7, 11) is -4.65. The topological polar surface area (TPSA) is 46.2 Å². The molecule has 0 aliphatic rings. The molecular formula is C12H6BrF4NO2S. The predicted octanol–water partition coefficient (Wildman–Crippen LogP) is 3.81. The van der Waals surface area contributed by atoms with Crippen molar-refractivity contribution in [2.75, 3.05) is 4.72 Å². The molecule has 0 aliphatic carbocycles. The number of sulfonamides is 1. The Morgan fingerprint density at radius 2 is 1.48 bits per heavy atom. The van der Waals surface area contributed by atoms with Crippen molar-refractivity contribution in [1.82, 2.24) is 0 Å². The SMILES string of the molecule is O=S(=O)(Nc1ccc(F)cc1Br)c1c(F)cc(F)cc1F. The van der Waals surface area contributed by atoms with Crippen LogP contribution in [-0.4, -0.2) is 8.42 Å². The molecule has 0 fully saturated rings. The molecule has 0 saturated heterocycles. The van der Waals surface area contributed by atoms with E-state index in [1.54, 1.807) is 0 Å². The molecule has 2 aromatic carbocycles. The molecule has 0 bridgehead atoms. The molecule has 0 atom stereocenters. The summed E-state index contributed by atoms with van der Waals surface area (Å²) in [6.45, 7) is 0. The van der Waals surface area contributed by atoms with Gasteiger partial charge in [-0.25, -0.2) is 26.0 Å². The summed E-state index contributed by atoms with van der Waals surface area (Å²) in [5, 5.41) is 0. The minimum absolute atomic E-state index is 0.0361. The summed E-state index contributed by atoms with van der Waals surface area (Å²) in [5.41, 5.74) is -0.125. The highest BCUT2D eigenvalue weighted by atomic mass is 79.9. The lowest BCUT2D eigenvalue weighted by Crippen LogP contribution is -2.17. The van der Waals surface area contributed by atoms with Gasteiger partial charge in [0.05, 0.1) is 5.69 Å². The second kappa shape index (κ2) is 5.64. The van der Waals surface area contributed by atoms with Gasteiger partial charge in [0, 0.05) is 16.6 Å². The molecule has 0 unspecified atom stereocenters. The summed E-state index contributed by atoms with van der Waals surface area (Å²) in [6.07, 6.45) is 0. The van der Waals surface area contributed by atoms with Gasteiger partial charge in [-0.15, -0.1) is 0 Å². The molecule has 0 heterocycles. The third kappa shape index (κ3) is 3.35. The molecule has 0 aromatic heterocycles. The van der Waals surface area contributed by atoms with Crippen LogP contribution in [0.25, 0.3) is 0 Å². The predicted molar refractivity (Wildman–Crippen MR) is 71.2 cm³/mol. The molecule has 112 valence electrons. The first-order valence-electron chi connectivity index (χ1n) is 5.33. The van der Waals surface area contributed by atoms with E-state index < -0.39 is 38.2 Å². The van der Waals surface area contributed by atoms with Crippen molar-refractivity contribution in [3.8, 4) is 0 Å². The van der Waals surface area contributed by atoms with Gasteiger partial charge in [0.25, 0.3) is 10.0 Å². The zero-order valence-corrected chi connectivity index (χ0v) is 12.4. The van der Waals surface area contributed by atoms with Crippen molar-refractivity contribution in [2.24, 2.45) is 0 Å². The molecule has 21 heavy (non-hydrogen) atoms. The molecule has 0 spiro atoms. The highest BCUT2D eigenvalue weighted by Gasteiger charge is 2.25. The van der Waals surface area contributed by atoms with Crippen LogP contribution in [0.1, 0.15) is 0 Å². The number of hydrogen-bond donors (Lipinski definition) is 1. The first-order chi connectivity index (χ1) is 9.70. The number of nitrogens with one attached hydrogen (secondary N) is 1. The average Bonchev–Trinajstić information content (AvgIpc) is 2.30. The fraction of sp³-hybridized carbons (Fsp3) is 0. The van der Waals surface area contributed by atoms with Crippen LogP contribution in [-0.2, 0) is 10.0 Å². The minimum Gasteiger partial charge on any atom is -0.278 e. The highest BCUT2D eigenvalue weighted by molar-refractivity contribution is 9.10. The van der Waals surface area contributed by atoms with E-state index in [0.717, 1.165) is 18.2 Å². The van der Waals surface area contributed by atoms with E-state index in [4.69, 9.17) is 0 Å². The standard InChI is InChI=1S/C12H6BrF4NO2S/c13-8-3-6(14)1-2-11(8)18-21(19,20)12-9(16)4-7(15)5-10(12)17/h1-5,18H. The lowest BCUT2D eigenvalue weighted by Gasteiger charge is -2.11. The summed E-state index contributed by atoms with van der Waals surface area (Å²) < 4.78 is 78.6. The van der Waals surface area contributed by atoms with Crippen molar-refractivity contribution in [3.05, 3.63) is 58.1 Å². The smallest absolute Gasteiger partial charge is 0.267 e. The van der Waals surface area contributed by atoms with Crippen LogP contribution in [0.15, 0.2) is 39.7 Å². The van der Waals surface area contributed by atoms with E-state index in [9.17, 15) is 26.0 Å². The van der Waals surface area contributed by atoms with E-state index in [0.29, 0.717) is 0 Å². The van der Waals surface area contributed by atoms with Gasteiger partial charge in [-0.1, -0.05) is 0 Å². The minimum atomic E-state index is -4.65. The van der Waals surface area contributed by atoms with Crippen LogP contribution < -0.4 is 4.72 Å². The van der Waals surface area contributed by atoms with Gasteiger partial charge in [-0.05, 0) is 34.1 Å². The third-order valence-corrected chi connectivity index (χ3v) is 4.48. The Balaban J connectivity index is 2.48. The van der Waals surface area contributed by atoms with Crippen molar-refractivity contribution in [1.29, 1.82) is 0 Å². The second-order valence-electron chi connectivity index (χ2n) is 3.93. The van der Waals surface area contributed by atoms with Crippen LogP contribution in [0.3, 0.4) is 0 Å². The zero-order chi connectivity index (χ0) is 15.8. The molecular weight excluding hydrogens is 378 g/mol. The monoisotopic (exact) mass is 383 g/mol. The third-order valence-electron chi connectivity index (χ3n) is 2.41. The lowest BCUT2D eigenvalue weighted by molar-refractivity contribution is 0.498. The quantitative estimate of drug-likeness (QED) is 0.819. The highest BCUT2D eigenvalue weighted by Crippen LogP contribution is 2.28. The van der Waals surface area contributed by atoms with Gasteiger partial charge >= 0.3 is 0 Å². The van der Waals surface area contributed by atoms with E-state index in [1.165, 1.54) is 0 Å². The molecule has 3 nitrogen and oxygen atoms in total. The zero-order valence-electron chi connectivity index (χ0n) is 10.0. The second-order valence-corrected chi connectivity index (χ2v) is 6.40. The Bertz CT molecular complexity index is 788. The van der Waals surface area contributed by atoms with E-state index in [1.807, 2.05) is 4.72 Å².